The van der Waals surface area contributed by atoms with E-state index in [0.29, 0.717) is 36.3 Å². The lowest BCUT2D eigenvalue weighted by molar-refractivity contribution is 0.0317. The van der Waals surface area contributed by atoms with Crippen molar-refractivity contribution >= 4 is 0 Å². The van der Waals surface area contributed by atoms with Crippen molar-refractivity contribution in [3.05, 3.63) is 89.5 Å². The summed E-state index contributed by atoms with van der Waals surface area (Å²) in [5.74, 6) is -4.14. The van der Waals surface area contributed by atoms with E-state index in [1.807, 2.05) is 19.1 Å². The molecule has 2 unspecified atom stereocenters. The fourth-order valence-corrected chi connectivity index (χ4v) is 5.25. The summed E-state index contributed by atoms with van der Waals surface area (Å²) in [5, 5.41) is 0. The average molecular weight is 555 g/mol. The maximum Gasteiger partial charge on any atom is 0.201 e. The molecule has 2 nitrogen and oxygen atoms in total. The van der Waals surface area contributed by atoms with E-state index < -0.39 is 23.3 Å². The first kappa shape index (κ1) is 29.9. The second kappa shape index (κ2) is 14.5. The lowest BCUT2D eigenvalue weighted by Gasteiger charge is -2.28. The Morgan fingerprint density at radius 3 is 2.00 bits per heavy atom. The molecule has 4 rings (SSSR count). The SMILES string of the molecule is CC=CC1CCC(c2ccc(-c3ccc(-c4ccc(OCCCCCCCC)c(F)c4F)cc3)c(F)c2F)CO1. The van der Waals surface area contributed by atoms with E-state index in [0.717, 1.165) is 25.7 Å². The highest BCUT2D eigenvalue weighted by Crippen LogP contribution is 2.36. The van der Waals surface area contributed by atoms with Gasteiger partial charge in [-0.2, -0.15) is 4.39 Å². The molecule has 0 N–H and O–H groups in total. The van der Waals surface area contributed by atoms with Crippen LogP contribution in [0.5, 0.6) is 5.75 Å². The van der Waals surface area contributed by atoms with Gasteiger partial charge in [-0.05, 0) is 55.0 Å². The molecule has 1 aliphatic heterocycles. The number of allylic oxidation sites excluding steroid dienone is 1. The molecule has 0 amide bonds. The summed E-state index contributed by atoms with van der Waals surface area (Å²) >= 11 is 0. The van der Waals surface area contributed by atoms with Crippen LogP contribution >= 0.6 is 0 Å². The number of ether oxygens (including phenoxy) is 2. The lowest BCUT2D eigenvalue weighted by Crippen LogP contribution is -2.24. The van der Waals surface area contributed by atoms with Gasteiger partial charge in [0.05, 0.1) is 19.3 Å². The summed E-state index contributed by atoms with van der Waals surface area (Å²) in [5.41, 5.74) is 1.37. The standard InChI is InChI=1S/C34H38F4O2/c1-3-5-6-7-8-9-21-39-30-20-19-28(33(37)34(30)38)24-13-11-23(12-14-24)27-17-18-29(32(36)31(27)35)25-15-16-26(10-4-2)40-22-25/h4,10-14,17-20,25-26H,3,5-9,15-16,21-22H2,1-2H3. The summed E-state index contributed by atoms with van der Waals surface area (Å²) in [6.07, 6.45) is 11.8. The van der Waals surface area contributed by atoms with Crippen molar-refractivity contribution < 1.29 is 27.0 Å². The van der Waals surface area contributed by atoms with Crippen LogP contribution in [0.2, 0.25) is 0 Å². The highest BCUT2D eigenvalue weighted by Gasteiger charge is 2.26. The molecule has 0 aromatic heterocycles. The van der Waals surface area contributed by atoms with Crippen molar-refractivity contribution in [1.29, 1.82) is 0 Å². The zero-order valence-corrected chi connectivity index (χ0v) is 23.3. The Labute approximate surface area is 235 Å². The molecule has 1 aliphatic rings. The first-order valence-corrected chi connectivity index (χ1v) is 14.4. The predicted octanol–water partition coefficient (Wildman–Crippen LogP) is 10.2. The Kier molecular flexibility index (Phi) is 10.8. The van der Waals surface area contributed by atoms with Crippen molar-refractivity contribution in [2.75, 3.05) is 13.2 Å². The molecular formula is C34H38F4O2. The lowest BCUT2D eigenvalue weighted by atomic mass is 9.89. The maximum absolute atomic E-state index is 15.1. The molecule has 1 heterocycles. The van der Waals surface area contributed by atoms with E-state index in [1.165, 1.54) is 31.4 Å². The van der Waals surface area contributed by atoms with Gasteiger partial charge in [-0.3, -0.25) is 0 Å². The van der Waals surface area contributed by atoms with E-state index in [1.54, 1.807) is 36.4 Å². The Morgan fingerprint density at radius 1 is 0.750 bits per heavy atom. The molecular weight excluding hydrogens is 516 g/mol. The van der Waals surface area contributed by atoms with Gasteiger partial charge in [0.15, 0.2) is 23.2 Å². The van der Waals surface area contributed by atoms with E-state index in [9.17, 15) is 8.78 Å². The van der Waals surface area contributed by atoms with Crippen molar-refractivity contribution in [2.45, 2.75) is 77.2 Å². The number of rotatable bonds is 12. The number of hydrogen-bond donors (Lipinski definition) is 0. The molecule has 214 valence electrons. The largest absolute Gasteiger partial charge is 0.490 e. The van der Waals surface area contributed by atoms with Gasteiger partial charge in [0.1, 0.15) is 0 Å². The van der Waals surface area contributed by atoms with Gasteiger partial charge in [0.2, 0.25) is 5.82 Å². The monoisotopic (exact) mass is 554 g/mol. The molecule has 3 aromatic rings. The fourth-order valence-electron chi connectivity index (χ4n) is 5.25. The van der Waals surface area contributed by atoms with Crippen LogP contribution in [0.4, 0.5) is 17.6 Å². The van der Waals surface area contributed by atoms with Crippen LogP contribution in [0.15, 0.2) is 60.7 Å². The predicted molar refractivity (Wildman–Crippen MR) is 153 cm³/mol. The molecule has 0 bridgehead atoms. The van der Waals surface area contributed by atoms with Crippen LogP contribution < -0.4 is 4.74 Å². The minimum absolute atomic E-state index is 0.0130. The average Bonchev–Trinajstić information content (AvgIpc) is 2.97. The normalized spacial score (nSPS) is 17.4. The Bertz CT molecular complexity index is 1280. The topological polar surface area (TPSA) is 18.5 Å². The smallest absolute Gasteiger partial charge is 0.201 e. The molecule has 3 aromatic carbocycles. The molecule has 40 heavy (non-hydrogen) atoms. The Balaban J connectivity index is 1.42. The van der Waals surface area contributed by atoms with E-state index in [2.05, 4.69) is 6.92 Å². The van der Waals surface area contributed by atoms with Gasteiger partial charge in [0.25, 0.3) is 0 Å². The third kappa shape index (κ3) is 7.14. The second-order valence-corrected chi connectivity index (χ2v) is 10.4. The van der Waals surface area contributed by atoms with Crippen LogP contribution in [0, 0.1) is 23.3 Å². The molecule has 6 heteroatoms. The first-order chi connectivity index (χ1) is 19.4. The van der Waals surface area contributed by atoms with Crippen LogP contribution in [-0.2, 0) is 4.74 Å². The van der Waals surface area contributed by atoms with Crippen LogP contribution in [-0.4, -0.2) is 19.3 Å². The number of benzene rings is 3. The number of hydrogen-bond acceptors (Lipinski definition) is 2. The Morgan fingerprint density at radius 2 is 1.38 bits per heavy atom. The summed E-state index contributed by atoms with van der Waals surface area (Å²) in [4.78, 5) is 0. The molecule has 0 radical (unpaired) electrons. The molecule has 1 fully saturated rings. The summed E-state index contributed by atoms with van der Waals surface area (Å²) in [7, 11) is 0. The van der Waals surface area contributed by atoms with Gasteiger partial charge in [-0.15, -0.1) is 0 Å². The third-order valence-corrected chi connectivity index (χ3v) is 7.58. The third-order valence-electron chi connectivity index (χ3n) is 7.58. The molecule has 0 spiro atoms. The van der Waals surface area contributed by atoms with Gasteiger partial charge < -0.3 is 9.47 Å². The zero-order chi connectivity index (χ0) is 28.5. The van der Waals surface area contributed by atoms with Gasteiger partial charge >= 0.3 is 0 Å². The molecule has 0 aliphatic carbocycles. The van der Waals surface area contributed by atoms with E-state index >= 15 is 8.78 Å². The minimum atomic E-state index is -1.03. The van der Waals surface area contributed by atoms with E-state index in [-0.39, 0.29) is 28.9 Å². The fraction of sp³-hybridized carbons (Fsp3) is 0.412. The highest BCUT2D eigenvalue weighted by molar-refractivity contribution is 5.72. The minimum Gasteiger partial charge on any atom is -0.490 e. The first-order valence-electron chi connectivity index (χ1n) is 14.4. The van der Waals surface area contributed by atoms with Crippen LogP contribution in [0.1, 0.15) is 76.7 Å². The molecule has 2 atom stereocenters. The van der Waals surface area contributed by atoms with Crippen molar-refractivity contribution in [3.63, 3.8) is 0 Å². The quantitative estimate of drug-likeness (QED) is 0.126. The van der Waals surface area contributed by atoms with Gasteiger partial charge in [-0.25, -0.2) is 13.2 Å². The number of unbranched alkanes of at least 4 members (excludes halogenated alkanes) is 5. The molecule has 1 saturated heterocycles. The zero-order valence-electron chi connectivity index (χ0n) is 23.3. The molecule has 0 saturated carbocycles. The van der Waals surface area contributed by atoms with Crippen molar-refractivity contribution in [2.24, 2.45) is 0 Å². The van der Waals surface area contributed by atoms with Crippen molar-refractivity contribution in [3.8, 4) is 28.0 Å². The van der Waals surface area contributed by atoms with Gasteiger partial charge in [0, 0.05) is 17.0 Å². The highest BCUT2D eigenvalue weighted by atomic mass is 19.2. The van der Waals surface area contributed by atoms with E-state index in [4.69, 9.17) is 9.47 Å². The second-order valence-electron chi connectivity index (χ2n) is 10.4. The van der Waals surface area contributed by atoms with Crippen LogP contribution in [0.3, 0.4) is 0 Å². The van der Waals surface area contributed by atoms with Crippen molar-refractivity contribution in [1.82, 2.24) is 0 Å². The van der Waals surface area contributed by atoms with Crippen LogP contribution in [0.25, 0.3) is 22.3 Å². The summed E-state index contributed by atoms with van der Waals surface area (Å²) in [6.45, 7) is 4.76. The summed E-state index contributed by atoms with van der Waals surface area (Å²) in [6, 6.07) is 12.4. The number of halogens is 4. The Hall–Kier alpha value is -3.12. The van der Waals surface area contributed by atoms with Gasteiger partial charge in [-0.1, -0.05) is 87.6 Å². The maximum atomic E-state index is 15.1. The summed E-state index contributed by atoms with van der Waals surface area (Å²) < 4.78 is 71.1.